The Kier molecular flexibility index (Phi) is 5.08. The zero-order chi connectivity index (χ0) is 11.3. The molecule has 3 heteroatoms. The SMILES string of the molecule is CCC[C@H](C)C(=O)Nc1ccccc1I. The minimum Gasteiger partial charge on any atom is -0.325 e. The van der Waals surface area contributed by atoms with Gasteiger partial charge in [-0.25, -0.2) is 0 Å². The van der Waals surface area contributed by atoms with E-state index in [1.165, 1.54) is 0 Å². The number of nitrogens with one attached hydrogen (secondary N) is 1. The Hall–Kier alpha value is -0.580. The van der Waals surface area contributed by atoms with Crippen LogP contribution in [0.25, 0.3) is 0 Å². The van der Waals surface area contributed by atoms with E-state index in [1.807, 2.05) is 31.2 Å². The Morgan fingerprint density at radius 3 is 2.73 bits per heavy atom. The second kappa shape index (κ2) is 6.10. The summed E-state index contributed by atoms with van der Waals surface area (Å²) in [6, 6.07) is 7.81. The van der Waals surface area contributed by atoms with E-state index >= 15 is 0 Å². The molecule has 0 spiro atoms. The maximum absolute atomic E-state index is 11.7. The number of rotatable bonds is 4. The van der Waals surface area contributed by atoms with Gasteiger partial charge in [-0.05, 0) is 41.1 Å². The number of amides is 1. The van der Waals surface area contributed by atoms with Gasteiger partial charge in [0.25, 0.3) is 0 Å². The molecule has 1 aromatic carbocycles. The lowest BCUT2D eigenvalue weighted by molar-refractivity contribution is -0.119. The summed E-state index contributed by atoms with van der Waals surface area (Å²) in [4.78, 5) is 11.7. The van der Waals surface area contributed by atoms with Gasteiger partial charge in [0.2, 0.25) is 5.91 Å². The van der Waals surface area contributed by atoms with Gasteiger partial charge in [0.05, 0.1) is 5.69 Å². The molecular formula is C12H16INO. The number of anilines is 1. The van der Waals surface area contributed by atoms with E-state index in [4.69, 9.17) is 0 Å². The monoisotopic (exact) mass is 317 g/mol. The summed E-state index contributed by atoms with van der Waals surface area (Å²) in [7, 11) is 0. The Labute approximate surface area is 105 Å². The number of halogens is 1. The van der Waals surface area contributed by atoms with E-state index in [9.17, 15) is 4.79 Å². The molecule has 1 amide bonds. The molecule has 0 aliphatic heterocycles. The molecule has 1 aromatic rings. The Balaban J connectivity index is 2.62. The van der Waals surface area contributed by atoms with Crippen molar-refractivity contribution in [2.45, 2.75) is 26.7 Å². The summed E-state index contributed by atoms with van der Waals surface area (Å²) in [5.41, 5.74) is 0.908. The maximum Gasteiger partial charge on any atom is 0.227 e. The number of para-hydroxylation sites is 1. The zero-order valence-electron chi connectivity index (χ0n) is 9.09. The first kappa shape index (κ1) is 12.5. The first-order valence-corrected chi connectivity index (χ1v) is 6.28. The van der Waals surface area contributed by atoms with Crippen LogP contribution in [0.15, 0.2) is 24.3 Å². The second-order valence-corrected chi connectivity index (χ2v) is 4.82. The molecule has 0 heterocycles. The minimum absolute atomic E-state index is 0.0889. The van der Waals surface area contributed by atoms with Gasteiger partial charge in [0, 0.05) is 9.49 Å². The van der Waals surface area contributed by atoms with Crippen molar-refractivity contribution in [1.82, 2.24) is 0 Å². The lowest BCUT2D eigenvalue weighted by Gasteiger charge is -2.12. The summed E-state index contributed by atoms with van der Waals surface area (Å²) in [6.45, 7) is 4.06. The molecule has 1 N–H and O–H groups in total. The van der Waals surface area contributed by atoms with Crippen molar-refractivity contribution >= 4 is 34.2 Å². The minimum atomic E-state index is 0.0889. The molecule has 0 unspecified atom stereocenters. The first-order valence-electron chi connectivity index (χ1n) is 5.20. The van der Waals surface area contributed by atoms with Crippen LogP contribution in [0, 0.1) is 9.49 Å². The van der Waals surface area contributed by atoms with Crippen molar-refractivity contribution in [1.29, 1.82) is 0 Å². The molecule has 2 nitrogen and oxygen atoms in total. The molecule has 0 saturated carbocycles. The van der Waals surface area contributed by atoms with E-state index < -0.39 is 0 Å². The average molecular weight is 317 g/mol. The molecule has 1 rings (SSSR count). The quantitative estimate of drug-likeness (QED) is 0.844. The van der Waals surface area contributed by atoms with Crippen LogP contribution in [-0.2, 0) is 4.79 Å². The predicted molar refractivity (Wildman–Crippen MR) is 71.9 cm³/mol. The van der Waals surface area contributed by atoms with Crippen LogP contribution < -0.4 is 5.32 Å². The molecule has 0 bridgehead atoms. The largest absolute Gasteiger partial charge is 0.325 e. The van der Waals surface area contributed by atoms with Gasteiger partial charge in [-0.3, -0.25) is 4.79 Å². The lowest BCUT2D eigenvalue weighted by Crippen LogP contribution is -2.20. The van der Waals surface area contributed by atoms with Crippen molar-refractivity contribution in [2.24, 2.45) is 5.92 Å². The zero-order valence-corrected chi connectivity index (χ0v) is 11.2. The van der Waals surface area contributed by atoms with Crippen LogP contribution in [0.5, 0.6) is 0 Å². The average Bonchev–Trinajstić information content (AvgIpc) is 2.21. The lowest BCUT2D eigenvalue weighted by atomic mass is 10.1. The number of carbonyl (C=O) groups is 1. The van der Waals surface area contributed by atoms with Gasteiger partial charge in [-0.2, -0.15) is 0 Å². The third kappa shape index (κ3) is 3.81. The highest BCUT2D eigenvalue weighted by Crippen LogP contribution is 2.18. The van der Waals surface area contributed by atoms with E-state index in [1.54, 1.807) is 0 Å². The molecule has 82 valence electrons. The van der Waals surface area contributed by atoms with Gasteiger partial charge < -0.3 is 5.32 Å². The molecule has 0 saturated heterocycles. The summed E-state index contributed by atoms with van der Waals surface area (Å²) in [5, 5.41) is 2.95. The number of hydrogen-bond donors (Lipinski definition) is 1. The van der Waals surface area contributed by atoms with Gasteiger partial charge in [0.15, 0.2) is 0 Å². The van der Waals surface area contributed by atoms with Crippen LogP contribution in [0.4, 0.5) is 5.69 Å². The van der Waals surface area contributed by atoms with E-state index in [2.05, 4.69) is 34.8 Å². The molecular weight excluding hydrogens is 301 g/mol. The standard InChI is InChI=1S/C12H16INO/c1-3-6-9(2)12(15)14-11-8-5-4-7-10(11)13/h4-5,7-9H,3,6H2,1-2H3,(H,14,15)/t9-/m0/s1. The Morgan fingerprint density at radius 1 is 1.47 bits per heavy atom. The number of hydrogen-bond acceptors (Lipinski definition) is 1. The van der Waals surface area contributed by atoms with Crippen LogP contribution >= 0.6 is 22.6 Å². The maximum atomic E-state index is 11.7. The van der Waals surface area contributed by atoms with Crippen LogP contribution in [0.3, 0.4) is 0 Å². The summed E-state index contributed by atoms with van der Waals surface area (Å²) >= 11 is 2.22. The molecule has 0 fully saturated rings. The summed E-state index contributed by atoms with van der Waals surface area (Å²) < 4.78 is 1.08. The van der Waals surface area contributed by atoms with Crippen LogP contribution in [0.2, 0.25) is 0 Å². The van der Waals surface area contributed by atoms with Gasteiger partial charge in [-0.1, -0.05) is 32.4 Å². The van der Waals surface area contributed by atoms with Crippen molar-refractivity contribution < 1.29 is 4.79 Å². The number of benzene rings is 1. The van der Waals surface area contributed by atoms with Crippen molar-refractivity contribution in [3.05, 3.63) is 27.8 Å². The topological polar surface area (TPSA) is 29.1 Å². The fourth-order valence-electron chi connectivity index (χ4n) is 1.38. The third-order valence-electron chi connectivity index (χ3n) is 2.30. The van der Waals surface area contributed by atoms with Gasteiger partial charge in [0.1, 0.15) is 0 Å². The first-order chi connectivity index (χ1) is 7.15. The van der Waals surface area contributed by atoms with Crippen molar-refractivity contribution in [3.8, 4) is 0 Å². The van der Waals surface area contributed by atoms with E-state index in [0.717, 1.165) is 22.1 Å². The van der Waals surface area contributed by atoms with Crippen molar-refractivity contribution in [2.75, 3.05) is 5.32 Å². The molecule has 0 aliphatic carbocycles. The fraction of sp³-hybridized carbons (Fsp3) is 0.417. The molecule has 1 atom stereocenters. The second-order valence-electron chi connectivity index (χ2n) is 3.66. The van der Waals surface area contributed by atoms with Gasteiger partial charge >= 0.3 is 0 Å². The highest BCUT2D eigenvalue weighted by atomic mass is 127. The van der Waals surface area contributed by atoms with Crippen LogP contribution in [-0.4, -0.2) is 5.91 Å². The Bertz CT molecular complexity index is 338. The third-order valence-corrected chi connectivity index (χ3v) is 3.24. The van der Waals surface area contributed by atoms with Crippen molar-refractivity contribution in [3.63, 3.8) is 0 Å². The summed E-state index contributed by atoms with van der Waals surface area (Å²) in [5.74, 6) is 0.201. The summed E-state index contributed by atoms with van der Waals surface area (Å²) in [6.07, 6.45) is 1.98. The van der Waals surface area contributed by atoms with E-state index in [-0.39, 0.29) is 11.8 Å². The molecule has 0 aromatic heterocycles. The molecule has 0 aliphatic rings. The van der Waals surface area contributed by atoms with E-state index in [0.29, 0.717) is 0 Å². The molecule has 0 radical (unpaired) electrons. The highest BCUT2D eigenvalue weighted by molar-refractivity contribution is 14.1. The normalized spacial score (nSPS) is 12.2. The smallest absolute Gasteiger partial charge is 0.227 e. The molecule has 15 heavy (non-hydrogen) atoms. The fourth-order valence-corrected chi connectivity index (χ4v) is 1.90. The number of carbonyl (C=O) groups excluding carboxylic acids is 1. The highest BCUT2D eigenvalue weighted by Gasteiger charge is 2.12. The Morgan fingerprint density at radius 2 is 2.13 bits per heavy atom. The van der Waals surface area contributed by atoms with Gasteiger partial charge in [-0.15, -0.1) is 0 Å². The predicted octanol–water partition coefficient (Wildman–Crippen LogP) is 3.67. The van der Waals surface area contributed by atoms with Crippen LogP contribution in [0.1, 0.15) is 26.7 Å².